The van der Waals surface area contributed by atoms with Crippen molar-refractivity contribution in [2.24, 2.45) is 0 Å². The monoisotopic (exact) mass is 429 g/mol. The molecule has 0 atom stereocenters. The number of carbonyl (C=O) groups is 2. The van der Waals surface area contributed by atoms with Gasteiger partial charge in [0.05, 0.1) is 10.0 Å². The second kappa shape index (κ2) is 9.03. The van der Waals surface area contributed by atoms with E-state index in [-0.39, 0.29) is 38.4 Å². The van der Waals surface area contributed by atoms with Crippen LogP contribution < -0.4 is 10.1 Å². The number of nitrogens with zero attached hydrogens (tertiary/aromatic N) is 2. The van der Waals surface area contributed by atoms with Crippen LogP contribution in [-0.4, -0.2) is 27.2 Å². The molecule has 0 unspecified atom stereocenters. The number of rotatable bonds is 6. The zero-order chi connectivity index (χ0) is 20.1. The zero-order valence-electron chi connectivity index (χ0n) is 14.2. The predicted octanol–water partition coefficient (Wildman–Crippen LogP) is 4.93. The van der Waals surface area contributed by atoms with Gasteiger partial charge in [0.15, 0.2) is 10.9 Å². The summed E-state index contributed by atoms with van der Waals surface area (Å²) in [5, 5.41) is 19.2. The molecule has 0 saturated carbocycles. The first-order valence-corrected chi connectivity index (χ1v) is 8.72. The maximum atomic E-state index is 11.6. The summed E-state index contributed by atoms with van der Waals surface area (Å²) in [6.45, 7) is 3.89. The SMILES string of the molecule is CC(C)c1cc(Oc2c(Cl)cc(NC(=O)/C=C/C(=O)O)cc2Cl)nnc1Cl. The standard InChI is InChI=1S/C17H14Cl3N3O4/c1-8(2)10-7-14(22-23-17(10)20)27-16-11(18)5-9(6-12(16)19)21-13(24)3-4-15(25)26/h3-8H,1-2H3,(H,21,24)(H,25,26)/b4-3+. The molecule has 0 saturated heterocycles. The molecule has 1 aromatic carbocycles. The Kier molecular flexibility index (Phi) is 7.01. The molecular formula is C17H14Cl3N3O4. The van der Waals surface area contributed by atoms with Crippen LogP contribution in [-0.2, 0) is 9.59 Å². The molecule has 0 radical (unpaired) electrons. The molecule has 2 aromatic rings. The summed E-state index contributed by atoms with van der Waals surface area (Å²) in [6, 6.07) is 4.45. The van der Waals surface area contributed by atoms with Crippen molar-refractivity contribution in [3.63, 3.8) is 0 Å². The highest BCUT2D eigenvalue weighted by atomic mass is 35.5. The van der Waals surface area contributed by atoms with Crippen LogP contribution in [0.2, 0.25) is 15.2 Å². The molecule has 7 nitrogen and oxygen atoms in total. The molecule has 0 spiro atoms. The van der Waals surface area contributed by atoms with Gasteiger partial charge in [-0.2, -0.15) is 0 Å². The average molecular weight is 431 g/mol. The number of aromatic nitrogens is 2. The maximum Gasteiger partial charge on any atom is 0.328 e. The minimum atomic E-state index is -1.24. The second-order valence-corrected chi connectivity index (χ2v) is 6.79. The topological polar surface area (TPSA) is 101 Å². The van der Waals surface area contributed by atoms with E-state index in [9.17, 15) is 9.59 Å². The Labute approximate surface area is 169 Å². The fourth-order valence-corrected chi connectivity index (χ4v) is 2.87. The van der Waals surface area contributed by atoms with Gasteiger partial charge in [-0.25, -0.2) is 4.79 Å². The number of halogens is 3. The molecule has 10 heteroatoms. The Bertz CT molecular complexity index is 893. The number of anilines is 1. The Morgan fingerprint density at radius 3 is 2.30 bits per heavy atom. The number of hydrogen-bond acceptors (Lipinski definition) is 5. The normalized spacial score (nSPS) is 11.0. The summed E-state index contributed by atoms with van der Waals surface area (Å²) in [7, 11) is 0. The summed E-state index contributed by atoms with van der Waals surface area (Å²) < 4.78 is 5.62. The Morgan fingerprint density at radius 1 is 1.11 bits per heavy atom. The van der Waals surface area contributed by atoms with E-state index in [1.807, 2.05) is 13.8 Å². The van der Waals surface area contributed by atoms with Crippen molar-refractivity contribution in [2.45, 2.75) is 19.8 Å². The highest BCUT2D eigenvalue weighted by molar-refractivity contribution is 6.37. The van der Waals surface area contributed by atoms with Gasteiger partial charge in [-0.1, -0.05) is 48.7 Å². The van der Waals surface area contributed by atoms with E-state index >= 15 is 0 Å². The van der Waals surface area contributed by atoms with E-state index in [2.05, 4.69) is 15.5 Å². The van der Waals surface area contributed by atoms with Crippen LogP contribution in [0, 0.1) is 0 Å². The quantitative estimate of drug-likeness (QED) is 0.630. The van der Waals surface area contributed by atoms with Crippen molar-refractivity contribution in [3.8, 4) is 11.6 Å². The number of benzene rings is 1. The van der Waals surface area contributed by atoms with Crippen molar-refractivity contribution >= 4 is 52.4 Å². The lowest BCUT2D eigenvalue weighted by Crippen LogP contribution is -2.08. The molecule has 0 aliphatic rings. The summed E-state index contributed by atoms with van der Waals surface area (Å²) >= 11 is 18.4. The number of ether oxygens (including phenoxy) is 1. The molecule has 1 amide bonds. The molecule has 0 bridgehead atoms. The number of amides is 1. The van der Waals surface area contributed by atoms with Gasteiger partial charge in [0.1, 0.15) is 0 Å². The lowest BCUT2D eigenvalue weighted by molar-refractivity contribution is -0.131. The van der Waals surface area contributed by atoms with Crippen LogP contribution in [0.4, 0.5) is 5.69 Å². The van der Waals surface area contributed by atoms with Gasteiger partial charge in [-0.05, 0) is 23.6 Å². The molecule has 2 rings (SSSR count). The number of aliphatic carboxylic acids is 1. The van der Waals surface area contributed by atoms with Gasteiger partial charge in [0.2, 0.25) is 11.8 Å². The second-order valence-electron chi connectivity index (χ2n) is 5.62. The molecule has 27 heavy (non-hydrogen) atoms. The Hall–Kier alpha value is -2.35. The first-order valence-electron chi connectivity index (χ1n) is 7.59. The van der Waals surface area contributed by atoms with Crippen molar-refractivity contribution in [1.82, 2.24) is 10.2 Å². The maximum absolute atomic E-state index is 11.6. The van der Waals surface area contributed by atoms with Crippen LogP contribution in [0.3, 0.4) is 0 Å². The van der Waals surface area contributed by atoms with Gasteiger partial charge < -0.3 is 15.2 Å². The average Bonchev–Trinajstić information content (AvgIpc) is 2.57. The summed E-state index contributed by atoms with van der Waals surface area (Å²) in [5.74, 6) is -1.49. The first kappa shape index (κ1) is 21.0. The zero-order valence-corrected chi connectivity index (χ0v) is 16.4. The minimum absolute atomic E-state index is 0.109. The molecule has 142 valence electrons. The highest BCUT2D eigenvalue weighted by Gasteiger charge is 2.15. The number of carbonyl (C=O) groups excluding carboxylic acids is 1. The van der Waals surface area contributed by atoms with Crippen LogP contribution in [0.1, 0.15) is 25.3 Å². The highest BCUT2D eigenvalue weighted by Crippen LogP contribution is 2.39. The largest absolute Gasteiger partial charge is 0.478 e. The van der Waals surface area contributed by atoms with Crippen molar-refractivity contribution in [2.75, 3.05) is 5.32 Å². The first-order chi connectivity index (χ1) is 12.7. The van der Waals surface area contributed by atoms with Gasteiger partial charge in [0, 0.05) is 23.9 Å². The van der Waals surface area contributed by atoms with Crippen LogP contribution >= 0.6 is 34.8 Å². The number of carboxylic acids is 1. The van der Waals surface area contributed by atoms with E-state index in [4.69, 9.17) is 44.6 Å². The molecule has 1 heterocycles. The van der Waals surface area contributed by atoms with Gasteiger partial charge in [-0.3, -0.25) is 4.79 Å². The molecule has 1 aromatic heterocycles. The third kappa shape index (κ3) is 5.82. The van der Waals surface area contributed by atoms with E-state index < -0.39 is 11.9 Å². The van der Waals surface area contributed by atoms with Gasteiger partial charge in [0.25, 0.3) is 0 Å². The Balaban J connectivity index is 2.23. The fourth-order valence-electron chi connectivity index (χ4n) is 1.99. The lowest BCUT2D eigenvalue weighted by Gasteiger charge is -2.13. The third-order valence-electron chi connectivity index (χ3n) is 3.23. The number of carboxylic acid groups (broad SMARTS) is 1. The molecule has 0 aliphatic carbocycles. The van der Waals surface area contributed by atoms with Crippen LogP contribution in [0.5, 0.6) is 11.6 Å². The minimum Gasteiger partial charge on any atom is -0.478 e. The summed E-state index contributed by atoms with van der Waals surface area (Å²) in [5.41, 5.74) is 1.02. The van der Waals surface area contributed by atoms with Gasteiger partial charge >= 0.3 is 5.97 Å². The van der Waals surface area contributed by atoms with E-state index in [0.29, 0.717) is 6.08 Å². The summed E-state index contributed by atoms with van der Waals surface area (Å²) in [4.78, 5) is 22.1. The molecular weight excluding hydrogens is 417 g/mol. The smallest absolute Gasteiger partial charge is 0.328 e. The number of hydrogen-bond donors (Lipinski definition) is 2. The summed E-state index contributed by atoms with van der Waals surface area (Å²) in [6.07, 6.45) is 1.58. The lowest BCUT2D eigenvalue weighted by atomic mass is 10.1. The van der Waals surface area contributed by atoms with Crippen LogP contribution in [0.15, 0.2) is 30.4 Å². The molecule has 0 aliphatic heterocycles. The van der Waals surface area contributed by atoms with E-state index in [0.717, 1.165) is 11.6 Å². The van der Waals surface area contributed by atoms with Crippen LogP contribution in [0.25, 0.3) is 0 Å². The fraction of sp³-hybridized carbons (Fsp3) is 0.176. The number of nitrogens with one attached hydrogen (secondary N) is 1. The third-order valence-corrected chi connectivity index (χ3v) is 4.08. The van der Waals surface area contributed by atoms with Crippen molar-refractivity contribution in [1.29, 1.82) is 0 Å². The predicted molar refractivity (Wildman–Crippen MR) is 103 cm³/mol. The molecule has 2 N–H and O–H groups in total. The van der Waals surface area contributed by atoms with E-state index in [1.165, 1.54) is 12.1 Å². The van der Waals surface area contributed by atoms with Crippen molar-refractivity contribution < 1.29 is 19.4 Å². The van der Waals surface area contributed by atoms with E-state index in [1.54, 1.807) is 6.07 Å². The molecule has 0 fully saturated rings. The van der Waals surface area contributed by atoms with Crippen molar-refractivity contribution in [3.05, 3.63) is 51.1 Å². The van der Waals surface area contributed by atoms with Gasteiger partial charge in [-0.15, -0.1) is 10.2 Å². The Morgan fingerprint density at radius 2 is 1.74 bits per heavy atom.